The summed E-state index contributed by atoms with van der Waals surface area (Å²) in [5.41, 5.74) is 1.13. The molecule has 1 N–H and O–H groups in total. The summed E-state index contributed by atoms with van der Waals surface area (Å²) in [6.07, 6.45) is 2.43. The van der Waals surface area contributed by atoms with Crippen molar-refractivity contribution in [2.24, 2.45) is 5.92 Å². The molecule has 108 valence electrons. The quantitative estimate of drug-likeness (QED) is 0.909. The molecular formula is C14H17ClN2O3. The van der Waals surface area contributed by atoms with Crippen LogP contribution in [0, 0.1) is 12.8 Å². The van der Waals surface area contributed by atoms with Crippen molar-refractivity contribution in [1.29, 1.82) is 0 Å². The summed E-state index contributed by atoms with van der Waals surface area (Å²) >= 11 is 6.09. The van der Waals surface area contributed by atoms with E-state index in [1.54, 1.807) is 17.9 Å². The van der Waals surface area contributed by atoms with Gasteiger partial charge < -0.3 is 10.0 Å². The monoisotopic (exact) mass is 296 g/mol. The lowest BCUT2D eigenvalue weighted by atomic mass is 9.91. The summed E-state index contributed by atoms with van der Waals surface area (Å²) in [4.78, 5) is 29.3. The molecule has 5 nitrogen and oxygen atoms in total. The van der Waals surface area contributed by atoms with Gasteiger partial charge in [0.25, 0.3) is 5.91 Å². The maximum absolute atomic E-state index is 12.5. The Balaban J connectivity index is 2.16. The predicted molar refractivity (Wildman–Crippen MR) is 74.8 cm³/mol. The van der Waals surface area contributed by atoms with Crippen LogP contribution in [0.3, 0.4) is 0 Å². The van der Waals surface area contributed by atoms with Gasteiger partial charge in [0.15, 0.2) is 0 Å². The molecule has 1 fully saturated rings. The molecule has 1 saturated heterocycles. The topological polar surface area (TPSA) is 70.5 Å². The number of hydrogen-bond donors (Lipinski definition) is 1. The lowest BCUT2D eigenvalue weighted by Gasteiger charge is -2.36. The van der Waals surface area contributed by atoms with Gasteiger partial charge in [-0.25, -0.2) is 0 Å². The third kappa shape index (κ3) is 2.93. The van der Waals surface area contributed by atoms with E-state index in [9.17, 15) is 9.59 Å². The largest absolute Gasteiger partial charge is 0.481 e. The molecule has 2 rings (SSSR count). The third-order valence-electron chi connectivity index (χ3n) is 3.71. The zero-order valence-electron chi connectivity index (χ0n) is 11.5. The molecule has 0 aliphatic carbocycles. The SMILES string of the molecule is Cc1cc(Cl)c(C(=O)N2CCC(C(=O)O)CC2C)cn1. The van der Waals surface area contributed by atoms with Crippen LogP contribution in [0.4, 0.5) is 0 Å². The van der Waals surface area contributed by atoms with Crippen LogP contribution in [0.5, 0.6) is 0 Å². The number of aliphatic carboxylic acids is 1. The number of piperidine rings is 1. The zero-order chi connectivity index (χ0) is 14.9. The Hall–Kier alpha value is -1.62. The van der Waals surface area contributed by atoms with Gasteiger partial charge in [-0.05, 0) is 32.8 Å². The molecule has 0 bridgehead atoms. The Morgan fingerprint density at radius 3 is 2.75 bits per heavy atom. The standard InChI is InChI=1S/C14H17ClN2O3/c1-8-5-12(15)11(7-16-8)13(18)17-4-3-10(14(19)20)6-9(17)2/h5,7,9-10H,3-4,6H2,1-2H3,(H,19,20). The fourth-order valence-corrected chi connectivity index (χ4v) is 2.82. The second-order valence-electron chi connectivity index (χ2n) is 5.21. The first-order chi connectivity index (χ1) is 9.40. The number of aromatic nitrogens is 1. The number of amides is 1. The minimum atomic E-state index is -0.793. The van der Waals surface area contributed by atoms with Crippen molar-refractivity contribution in [3.8, 4) is 0 Å². The van der Waals surface area contributed by atoms with Gasteiger partial charge in [-0.2, -0.15) is 0 Å². The number of aryl methyl sites for hydroxylation is 1. The Bertz CT molecular complexity index is 547. The van der Waals surface area contributed by atoms with Crippen LogP contribution in [0.15, 0.2) is 12.3 Å². The molecule has 0 aromatic carbocycles. The Morgan fingerprint density at radius 1 is 1.50 bits per heavy atom. The molecule has 1 aromatic rings. The molecule has 1 aromatic heterocycles. The highest BCUT2D eigenvalue weighted by Gasteiger charge is 2.33. The first-order valence-electron chi connectivity index (χ1n) is 6.56. The molecule has 2 unspecified atom stereocenters. The van der Waals surface area contributed by atoms with Gasteiger partial charge in [-0.3, -0.25) is 14.6 Å². The summed E-state index contributed by atoms with van der Waals surface area (Å²) < 4.78 is 0. The van der Waals surface area contributed by atoms with E-state index in [-0.39, 0.29) is 17.9 Å². The van der Waals surface area contributed by atoms with Crippen LogP contribution < -0.4 is 0 Å². The number of pyridine rings is 1. The minimum Gasteiger partial charge on any atom is -0.481 e. The maximum Gasteiger partial charge on any atom is 0.306 e. The predicted octanol–water partition coefficient (Wildman–Crippen LogP) is 2.37. The van der Waals surface area contributed by atoms with Gasteiger partial charge in [0.2, 0.25) is 0 Å². The van der Waals surface area contributed by atoms with E-state index in [4.69, 9.17) is 16.7 Å². The Labute approximate surface area is 122 Å². The van der Waals surface area contributed by atoms with Crippen molar-refractivity contribution in [3.05, 3.63) is 28.5 Å². The van der Waals surface area contributed by atoms with Crippen molar-refractivity contribution >= 4 is 23.5 Å². The smallest absolute Gasteiger partial charge is 0.306 e. The Kier molecular flexibility index (Phi) is 4.28. The highest BCUT2D eigenvalue weighted by atomic mass is 35.5. The van der Waals surface area contributed by atoms with E-state index in [2.05, 4.69) is 4.98 Å². The lowest BCUT2D eigenvalue weighted by molar-refractivity contribution is -0.143. The molecule has 1 amide bonds. The molecular weight excluding hydrogens is 280 g/mol. The number of carboxylic acids is 1. The lowest BCUT2D eigenvalue weighted by Crippen LogP contribution is -2.46. The fraction of sp³-hybridized carbons (Fsp3) is 0.500. The first kappa shape index (κ1) is 14.8. The number of rotatable bonds is 2. The zero-order valence-corrected chi connectivity index (χ0v) is 12.2. The van der Waals surface area contributed by atoms with Crippen LogP contribution in [0.2, 0.25) is 5.02 Å². The minimum absolute atomic E-state index is 0.116. The summed E-state index contributed by atoms with van der Waals surface area (Å²) in [7, 11) is 0. The van der Waals surface area contributed by atoms with Gasteiger partial charge in [0.1, 0.15) is 0 Å². The number of halogens is 1. The number of hydrogen-bond acceptors (Lipinski definition) is 3. The van der Waals surface area contributed by atoms with Crippen molar-refractivity contribution in [3.63, 3.8) is 0 Å². The molecule has 1 aliphatic heterocycles. The molecule has 2 atom stereocenters. The van der Waals surface area contributed by atoms with E-state index in [1.807, 2.05) is 6.92 Å². The van der Waals surface area contributed by atoms with E-state index in [0.29, 0.717) is 30.0 Å². The highest BCUT2D eigenvalue weighted by Crippen LogP contribution is 2.26. The third-order valence-corrected chi connectivity index (χ3v) is 4.02. The normalized spacial score (nSPS) is 22.6. The van der Waals surface area contributed by atoms with E-state index in [1.165, 1.54) is 6.20 Å². The van der Waals surface area contributed by atoms with E-state index in [0.717, 1.165) is 5.69 Å². The van der Waals surface area contributed by atoms with Crippen LogP contribution in [0.1, 0.15) is 35.8 Å². The molecule has 0 saturated carbocycles. The van der Waals surface area contributed by atoms with E-state index >= 15 is 0 Å². The van der Waals surface area contributed by atoms with Crippen molar-refractivity contribution in [2.75, 3.05) is 6.54 Å². The Morgan fingerprint density at radius 2 is 2.20 bits per heavy atom. The van der Waals surface area contributed by atoms with Crippen LogP contribution >= 0.6 is 11.6 Å². The van der Waals surface area contributed by atoms with Gasteiger partial charge in [0, 0.05) is 24.5 Å². The molecule has 0 spiro atoms. The first-order valence-corrected chi connectivity index (χ1v) is 6.94. The fourth-order valence-electron chi connectivity index (χ4n) is 2.54. The van der Waals surface area contributed by atoms with Crippen molar-refractivity contribution in [2.45, 2.75) is 32.7 Å². The highest BCUT2D eigenvalue weighted by molar-refractivity contribution is 6.33. The summed E-state index contributed by atoms with van der Waals surface area (Å²) in [6.45, 7) is 4.10. The molecule has 1 aliphatic rings. The van der Waals surface area contributed by atoms with Crippen LogP contribution in [-0.4, -0.2) is 39.5 Å². The van der Waals surface area contributed by atoms with Crippen molar-refractivity contribution < 1.29 is 14.7 Å². The summed E-state index contributed by atoms with van der Waals surface area (Å²) in [5.74, 6) is -1.35. The van der Waals surface area contributed by atoms with Gasteiger partial charge >= 0.3 is 5.97 Å². The maximum atomic E-state index is 12.5. The number of nitrogens with zero attached hydrogens (tertiary/aromatic N) is 2. The van der Waals surface area contributed by atoms with Gasteiger partial charge in [0.05, 0.1) is 16.5 Å². The average Bonchev–Trinajstić information content (AvgIpc) is 2.37. The second-order valence-corrected chi connectivity index (χ2v) is 5.62. The van der Waals surface area contributed by atoms with Crippen molar-refractivity contribution in [1.82, 2.24) is 9.88 Å². The molecule has 6 heteroatoms. The van der Waals surface area contributed by atoms with Crippen LogP contribution in [0.25, 0.3) is 0 Å². The summed E-state index contributed by atoms with van der Waals surface area (Å²) in [5, 5.41) is 9.42. The van der Waals surface area contributed by atoms with Gasteiger partial charge in [-0.1, -0.05) is 11.6 Å². The molecule has 2 heterocycles. The average molecular weight is 297 g/mol. The number of likely N-dealkylation sites (tertiary alicyclic amines) is 1. The number of carboxylic acid groups (broad SMARTS) is 1. The summed E-state index contributed by atoms with van der Waals surface area (Å²) in [6, 6.07) is 1.54. The molecule has 0 radical (unpaired) electrons. The number of carbonyl (C=O) groups is 2. The second kappa shape index (κ2) is 5.79. The molecule has 20 heavy (non-hydrogen) atoms. The van der Waals surface area contributed by atoms with Crippen LogP contribution in [-0.2, 0) is 4.79 Å². The van der Waals surface area contributed by atoms with E-state index < -0.39 is 5.97 Å². The number of carbonyl (C=O) groups excluding carboxylic acids is 1. The van der Waals surface area contributed by atoms with Gasteiger partial charge in [-0.15, -0.1) is 0 Å².